The molecule has 2 heterocycles. The first-order valence-electron chi connectivity index (χ1n) is 5.24. The second kappa shape index (κ2) is 4.96. The number of carboxylic acids is 1. The second-order valence-corrected chi connectivity index (χ2v) is 3.80. The van der Waals surface area contributed by atoms with Gasteiger partial charge in [0.15, 0.2) is 5.69 Å². The molecule has 0 amide bonds. The highest BCUT2D eigenvalue weighted by atomic mass is 16.5. The van der Waals surface area contributed by atoms with Gasteiger partial charge < -0.3 is 9.84 Å². The van der Waals surface area contributed by atoms with Crippen molar-refractivity contribution in [3.05, 3.63) is 29.3 Å². The fourth-order valence-corrected chi connectivity index (χ4v) is 1.63. The lowest BCUT2D eigenvalue weighted by Gasteiger charge is -2.04. The molecule has 0 aliphatic rings. The molecule has 1 N–H and O–H groups in total. The summed E-state index contributed by atoms with van der Waals surface area (Å²) in [5.74, 6) is -1.11. The number of ether oxygens (including phenoxy) is 1. The maximum absolute atomic E-state index is 11.0. The molecule has 96 valence electrons. The van der Waals surface area contributed by atoms with Crippen molar-refractivity contribution in [3.63, 3.8) is 0 Å². The standard InChI is InChI=1S/C10H13N5O3/c1-14-4-7(3-11-14)5-15-8(6-18-2)9(10(16)17)12-13-15/h3-4H,5-6H2,1-2H3,(H,16,17). The minimum absolute atomic E-state index is 0.0826. The topological polar surface area (TPSA) is 95.1 Å². The van der Waals surface area contributed by atoms with Crippen LogP contribution in [0.3, 0.4) is 0 Å². The fourth-order valence-electron chi connectivity index (χ4n) is 1.63. The number of methoxy groups -OCH3 is 1. The Hall–Kier alpha value is -2.22. The van der Waals surface area contributed by atoms with E-state index >= 15 is 0 Å². The molecule has 0 atom stereocenters. The smallest absolute Gasteiger partial charge is 0.358 e. The van der Waals surface area contributed by atoms with Gasteiger partial charge in [0.2, 0.25) is 0 Å². The lowest BCUT2D eigenvalue weighted by molar-refractivity contribution is 0.0684. The molecule has 18 heavy (non-hydrogen) atoms. The van der Waals surface area contributed by atoms with Gasteiger partial charge in [0.25, 0.3) is 0 Å². The fraction of sp³-hybridized carbons (Fsp3) is 0.400. The maximum atomic E-state index is 11.0. The normalized spacial score (nSPS) is 10.8. The van der Waals surface area contributed by atoms with E-state index in [1.165, 1.54) is 11.8 Å². The Morgan fingerprint density at radius 1 is 1.56 bits per heavy atom. The highest BCUT2D eigenvalue weighted by Gasteiger charge is 2.19. The zero-order valence-corrected chi connectivity index (χ0v) is 10.1. The van der Waals surface area contributed by atoms with E-state index in [1.54, 1.807) is 10.9 Å². The largest absolute Gasteiger partial charge is 0.476 e. The lowest BCUT2D eigenvalue weighted by Crippen LogP contribution is -2.10. The van der Waals surface area contributed by atoms with Crippen LogP contribution in [0.1, 0.15) is 21.7 Å². The number of nitrogens with zero attached hydrogens (tertiary/aromatic N) is 5. The Kier molecular flexibility index (Phi) is 3.38. The van der Waals surface area contributed by atoms with Crippen molar-refractivity contribution in [2.45, 2.75) is 13.2 Å². The predicted molar refractivity (Wildman–Crippen MR) is 60.0 cm³/mol. The van der Waals surface area contributed by atoms with Crippen molar-refractivity contribution < 1.29 is 14.6 Å². The van der Waals surface area contributed by atoms with Crippen LogP contribution in [0.25, 0.3) is 0 Å². The quantitative estimate of drug-likeness (QED) is 0.797. The monoisotopic (exact) mass is 251 g/mol. The molecular weight excluding hydrogens is 238 g/mol. The van der Waals surface area contributed by atoms with Gasteiger partial charge in [-0.1, -0.05) is 5.21 Å². The van der Waals surface area contributed by atoms with E-state index in [0.29, 0.717) is 12.2 Å². The van der Waals surface area contributed by atoms with Gasteiger partial charge in [0.05, 0.1) is 25.0 Å². The van der Waals surface area contributed by atoms with E-state index in [-0.39, 0.29) is 12.3 Å². The lowest BCUT2D eigenvalue weighted by atomic mass is 10.3. The number of aryl methyl sites for hydroxylation is 1. The first-order chi connectivity index (χ1) is 8.61. The van der Waals surface area contributed by atoms with Crippen LogP contribution in [0.2, 0.25) is 0 Å². The number of carbonyl (C=O) groups is 1. The van der Waals surface area contributed by atoms with Crippen LogP contribution >= 0.6 is 0 Å². The van der Waals surface area contributed by atoms with Crippen molar-refractivity contribution in [3.8, 4) is 0 Å². The summed E-state index contributed by atoms with van der Waals surface area (Å²) in [6.07, 6.45) is 3.53. The molecule has 2 aromatic rings. The van der Waals surface area contributed by atoms with Gasteiger partial charge in [-0.2, -0.15) is 5.10 Å². The van der Waals surface area contributed by atoms with Crippen molar-refractivity contribution in [1.29, 1.82) is 0 Å². The van der Waals surface area contributed by atoms with Gasteiger partial charge in [-0.05, 0) is 0 Å². The van der Waals surface area contributed by atoms with Gasteiger partial charge in [0, 0.05) is 25.9 Å². The summed E-state index contributed by atoms with van der Waals surface area (Å²) in [5.41, 5.74) is 1.27. The zero-order chi connectivity index (χ0) is 13.1. The van der Waals surface area contributed by atoms with Crippen molar-refractivity contribution in [1.82, 2.24) is 24.8 Å². The van der Waals surface area contributed by atoms with Crippen LogP contribution in [0.15, 0.2) is 12.4 Å². The third kappa shape index (κ3) is 2.38. The Morgan fingerprint density at radius 2 is 2.33 bits per heavy atom. The number of hydrogen-bond acceptors (Lipinski definition) is 5. The highest BCUT2D eigenvalue weighted by molar-refractivity contribution is 5.86. The Bertz CT molecular complexity index is 560. The summed E-state index contributed by atoms with van der Waals surface area (Å²) in [6.45, 7) is 0.557. The van der Waals surface area contributed by atoms with Crippen molar-refractivity contribution in [2.75, 3.05) is 7.11 Å². The summed E-state index contributed by atoms with van der Waals surface area (Å²) in [4.78, 5) is 11.0. The summed E-state index contributed by atoms with van der Waals surface area (Å²) in [7, 11) is 3.30. The second-order valence-electron chi connectivity index (χ2n) is 3.80. The number of hydrogen-bond donors (Lipinski definition) is 1. The average molecular weight is 251 g/mol. The van der Waals surface area contributed by atoms with E-state index < -0.39 is 5.97 Å². The van der Waals surface area contributed by atoms with Crippen LogP contribution in [0.5, 0.6) is 0 Å². The molecule has 0 aliphatic heterocycles. The van der Waals surface area contributed by atoms with Gasteiger partial charge in [-0.3, -0.25) is 4.68 Å². The van der Waals surface area contributed by atoms with E-state index in [4.69, 9.17) is 9.84 Å². The molecule has 0 spiro atoms. The van der Waals surface area contributed by atoms with Gasteiger partial charge in [-0.25, -0.2) is 9.48 Å². The molecule has 2 aromatic heterocycles. The average Bonchev–Trinajstić information content (AvgIpc) is 2.88. The molecule has 0 fully saturated rings. The van der Waals surface area contributed by atoms with Gasteiger partial charge in [-0.15, -0.1) is 5.10 Å². The summed E-state index contributed by atoms with van der Waals surface area (Å²) < 4.78 is 8.15. The molecule has 8 nitrogen and oxygen atoms in total. The molecular formula is C10H13N5O3. The minimum Gasteiger partial charge on any atom is -0.476 e. The van der Waals surface area contributed by atoms with Crippen LogP contribution in [0, 0.1) is 0 Å². The Balaban J connectivity index is 2.29. The number of aromatic nitrogens is 5. The first kappa shape index (κ1) is 12.2. The molecule has 0 unspecified atom stereocenters. The van der Waals surface area contributed by atoms with E-state index in [2.05, 4.69) is 15.4 Å². The number of aromatic carboxylic acids is 1. The molecule has 2 rings (SSSR count). The SMILES string of the molecule is COCc1c(C(=O)O)nnn1Cc1cnn(C)c1. The van der Waals surface area contributed by atoms with Gasteiger partial charge in [0.1, 0.15) is 0 Å². The maximum Gasteiger partial charge on any atom is 0.358 e. The molecule has 0 saturated carbocycles. The first-order valence-corrected chi connectivity index (χ1v) is 5.24. The molecule has 8 heteroatoms. The van der Waals surface area contributed by atoms with Crippen LogP contribution in [-0.4, -0.2) is 43.0 Å². The van der Waals surface area contributed by atoms with Crippen molar-refractivity contribution in [2.24, 2.45) is 7.05 Å². The number of rotatable bonds is 5. The highest BCUT2D eigenvalue weighted by Crippen LogP contribution is 2.09. The molecule has 0 bridgehead atoms. The molecule has 0 saturated heterocycles. The minimum atomic E-state index is -1.11. The predicted octanol–water partition coefficient (Wildman–Crippen LogP) is -0.0955. The van der Waals surface area contributed by atoms with Crippen LogP contribution in [0.4, 0.5) is 0 Å². The molecule has 0 aliphatic carbocycles. The van der Waals surface area contributed by atoms with Crippen LogP contribution in [-0.2, 0) is 24.9 Å². The molecule has 0 radical (unpaired) electrons. The molecule has 0 aromatic carbocycles. The summed E-state index contributed by atoms with van der Waals surface area (Å²) >= 11 is 0. The van der Waals surface area contributed by atoms with E-state index in [0.717, 1.165) is 5.56 Å². The summed E-state index contributed by atoms with van der Waals surface area (Å²) in [5, 5.41) is 20.5. The third-order valence-corrected chi connectivity index (χ3v) is 2.41. The van der Waals surface area contributed by atoms with Crippen molar-refractivity contribution >= 4 is 5.97 Å². The van der Waals surface area contributed by atoms with E-state index in [9.17, 15) is 4.79 Å². The number of carboxylic acid groups (broad SMARTS) is 1. The van der Waals surface area contributed by atoms with Gasteiger partial charge >= 0.3 is 5.97 Å². The zero-order valence-electron chi connectivity index (χ0n) is 10.1. The van der Waals surface area contributed by atoms with Crippen LogP contribution < -0.4 is 0 Å². The van der Waals surface area contributed by atoms with E-state index in [1.807, 2.05) is 13.2 Å². The third-order valence-electron chi connectivity index (χ3n) is 2.41. The summed E-state index contributed by atoms with van der Waals surface area (Å²) in [6, 6.07) is 0. The Morgan fingerprint density at radius 3 is 2.89 bits per heavy atom. The Labute approximate surface area is 103 Å².